The maximum atomic E-state index is 13.5. The number of benzene rings is 3. The van der Waals surface area contributed by atoms with E-state index in [-0.39, 0.29) is 18.7 Å². The van der Waals surface area contributed by atoms with Crippen LogP contribution in [-0.4, -0.2) is 29.6 Å². The van der Waals surface area contributed by atoms with E-state index in [1.807, 2.05) is 24.3 Å². The molecular formula is C31H30F5NO3. The number of aryl methyl sites for hydroxylation is 1. The van der Waals surface area contributed by atoms with Crippen molar-refractivity contribution in [1.82, 2.24) is 5.32 Å². The van der Waals surface area contributed by atoms with Crippen LogP contribution in [0.4, 0.5) is 22.0 Å². The van der Waals surface area contributed by atoms with E-state index in [9.17, 15) is 31.9 Å². The SMILES string of the molecule is O=C(Cc1cccc2c1/C=C\CCCC2)NC(Cc1cccc(OC(F)(F)C(F)F)c1)C(O)c1ccc(F)cc1. The average Bonchev–Trinajstić information content (AvgIpc) is 2.89. The van der Waals surface area contributed by atoms with E-state index < -0.39 is 36.2 Å². The van der Waals surface area contributed by atoms with Gasteiger partial charge in [-0.15, -0.1) is 0 Å². The number of carbonyl (C=O) groups is 1. The van der Waals surface area contributed by atoms with Crippen molar-refractivity contribution < 1.29 is 36.6 Å². The minimum atomic E-state index is -4.68. The molecule has 0 radical (unpaired) electrons. The quantitative estimate of drug-likeness (QED) is 0.269. The maximum absolute atomic E-state index is 13.5. The second-order valence-corrected chi connectivity index (χ2v) is 9.80. The zero-order chi connectivity index (χ0) is 28.7. The Balaban J connectivity index is 1.57. The van der Waals surface area contributed by atoms with Gasteiger partial charge in [0.15, 0.2) is 0 Å². The fourth-order valence-corrected chi connectivity index (χ4v) is 4.79. The topological polar surface area (TPSA) is 58.6 Å². The number of aliphatic hydroxyl groups excluding tert-OH is 1. The number of carbonyl (C=O) groups excluding carboxylic acids is 1. The Hall–Kier alpha value is -3.72. The number of ether oxygens (including phenoxy) is 1. The molecule has 4 nitrogen and oxygen atoms in total. The number of amides is 1. The van der Waals surface area contributed by atoms with Crippen molar-refractivity contribution in [3.05, 3.63) is 106 Å². The first kappa shape index (κ1) is 29.3. The van der Waals surface area contributed by atoms with E-state index in [0.717, 1.165) is 54.5 Å². The summed E-state index contributed by atoms with van der Waals surface area (Å²) in [7, 11) is 0. The lowest BCUT2D eigenvalue weighted by Crippen LogP contribution is -2.41. The van der Waals surface area contributed by atoms with Gasteiger partial charge in [-0.25, -0.2) is 4.39 Å². The number of hydrogen-bond acceptors (Lipinski definition) is 3. The predicted octanol–water partition coefficient (Wildman–Crippen LogP) is 6.81. The number of allylic oxidation sites excluding steroid dienone is 1. The first-order valence-electron chi connectivity index (χ1n) is 13.1. The molecular weight excluding hydrogens is 529 g/mol. The molecule has 0 aliphatic heterocycles. The van der Waals surface area contributed by atoms with Crippen LogP contribution < -0.4 is 10.1 Å². The molecule has 1 aliphatic carbocycles. The van der Waals surface area contributed by atoms with E-state index in [2.05, 4.69) is 16.1 Å². The van der Waals surface area contributed by atoms with Crippen molar-refractivity contribution in [3.8, 4) is 5.75 Å². The molecule has 2 atom stereocenters. The van der Waals surface area contributed by atoms with E-state index in [1.54, 1.807) is 0 Å². The Bertz CT molecular complexity index is 1330. The highest BCUT2D eigenvalue weighted by atomic mass is 19.3. The van der Waals surface area contributed by atoms with Gasteiger partial charge >= 0.3 is 12.5 Å². The number of hydrogen-bond donors (Lipinski definition) is 2. The van der Waals surface area contributed by atoms with E-state index in [4.69, 9.17) is 0 Å². The van der Waals surface area contributed by atoms with Crippen molar-refractivity contribution in [2.45, 2.75) is 63.2 Å². The first-order chi connectivity index (χ1) is 19.1. The zero-order valence-electron chi connectivity index (χ0n) is 21.6. The second kappa shape index (κ2) is 13.1. The van der Waals surface area contributed by atoms with E-state index in [1.165, 1.54) is 36.4 Å². The van der Waals surface area contributed by atoms with Gasteiger partial charge in [0.05, 0.1) is 18.6 Å². The van der Waals surface area contributed by atoms with Gasteiger partial charge in [0.2, 0.25) is 5.91 Å². The predicted molar refractivity (Wildman–Crippen MR) is 142 cm³/mol. The third-order valence-electron chi connectivity index (χ3n) is 6.79. The summed E-state index contributed by atoms with van der Waals surface area (Å²) in [6.45, 7) is 0. The number of alkyl halides is 4. The highest BCUT2D eigenvalue weighted by Gasteiger charge is 2.44. The van der Waals surface area contributed by atoms with Crippen molar-refractivity contribution >= 4 is 12.0 Å². The molecule has 0 aromatic heterocycles. The smallest absolute Gasteiger partial charge is 0.428 e. The summed E-state index contributed by atoms with van der Waals surface area (Å²) in [5.74, 6) is -1.37. The molecule has 4 rings (SSSR count). The molecule has 9 heteroatoms. The van der Waals surface area contributed by atoms with Gasteiger partial charge in [-0.05, 0) is 84.2 Å². The van der Waals surface area contributed by atoms with E-state index >= 15 is 0 Å². The first-order valence-corrected chi connectivity index (χ1v) is 13.1. The minimum Gasteiger partial charge on any atom is -0.428 e. The molecule has 40 heavy (non-hydrogen) atoms. The summed E-state index contributed by atoms with van der Waals surface area (Å²) in [6, 6.07) is 15.1. The molecule has 2 N–H and O–H groups in total. The molecule has 3 aromatic carbocycles. The maximum Gasteiger partial charge on any atom is 0.461 e. The monoisotopic (exact) mass is 559 g/mol. The Morgan fingerprint density at radius 2 is 1.77 bits per heavy atom. The molecule has 0 bridgehead atoms. The number of fused-ring (bicyclic) bond motifs is 1. The van der Waals surface area contributed by atoms with Crippen LogP contribution in [0, 0.1) is 5.82 Å². The normalized spacial score (nSPS) is 15.9. The molecule has 0 saturated carbocycles. The fraction of sp³-hybridized carbons (Fsp3) is 0.323. The molecule has 212 valence electrons. The summed E-state index contributed by atoms with van der Waals surface area (Å²) in [5.41, 5.74) is 3.66. The summed E-state index contributed by atoms with van der Waals surface area (Å²) in [5, 5.41) is 14.0. The molecule has 0 heterocycles. The van der Waals surface area contributed by atoms with Crippen molar-refractivity contribution in [1.29, 1.82) is 0 Å². The van der Waals surface area contributed by atoms with Crippen LogP contribution in [0.5, 0.6) is 5.75 Å². The lowest BCUT2D eigenvalue weighted by Gasteiger charge is -2.26. The van der Waals surface area contributed by atoms with Crippen LogP contribution in [-0.2, 0) is 24.1 Å². The van der Waals surface area contributed by atoms with Crippen LogP contribution in [0.15, 0.2) is 72.8 Å². The number of nitrogens with one attached hydrogen (secondary N) is 1. The largest absolute Gasteiger partial charge is 0.461 e. The summed E-state index contributed by atoms with van der Waals surface area (Å²) in [4.78, 5) is 13.3. The van der Waals surface area contributed by atoms with Gasteiger partial charge in [0.1, 0.15) is 11.6 Å². The number of rotatable bonds is 10. The van der Waals surface area contributed by atoms with Crippen LogP contribution in [0.25, 0.3) is 6.08 Å². The Labute approximate surface area is 229 Å². The van der Waals surface area contributed by atoms with Gasteiger partial charge in [-0.3, -0.25) is 4.79 Å². The van der Waals surface area contributed by atoms with Gasteiger partial charge < -0.3 is 15.2 Å². The van der Waals surface area contributed by atoms with Gasteiger partial charge in [-0.2, -0.15) is 17.6 Å². The Morgan fingerprint density at radius 3 is 2.52 bits per heavy atom. The summed E-state index contributed by atoms with van der Waals surface area (Å²) >= 11 is 0. The van der Waals surface area contributed by atoms with Crippen LogP contribution >= 0.6 is 0 Å². The van der Waals surface area contributed by atoms with Crippen molar-refractivity contribution in [2.75, 3.05) is 0 Å². The molecule has 0 spiro atoms. The highest BCUT2D eigenvalue weighted by Crippen LogP contribution is 2.29. The average molecular weight is 560 g/mol. The third kappa shape index (κ3) is 7.69. The minimum absolute atomic E-state index is 0.0317. The van der Waals surface area contributed by atoms with Crippen LogP contribution in [0.3, 0.4) is 0 Å². The van der Waals surface area contributed by atoms with Gasteiger partial charge in [-0.1, -0.05) is 54.6 Å². The molecule has 0 fully saturated rings. The van der Waals surface area contributed by atoms with Crippen LogP contribution in [0.2, 0.25) is 0 Å². The molecule has 0 saturated heterocycles. The van der Waals surface area contributed by atoms with Crippen molar-refractivity contribution in [3.63, 3.8) is 0 Å². The molecule has 2 unspecified atom stereocenters. The Kier molecular flexibility index (Phi) is 9.58. The fourth-order valence-electron chi connectivity index (χ4n) is 4.79. The lowest BCUT2D eigenvalue weighted by molar-refractivity contribution is -0.253. The Morgan fingerprint density at radius 1 is 1.02 bits per heavy atom. The molecule has 1 amide bonds. The molecule has 1 aliphatic rings. The number of halogens is 5. The zero-order valence-corrected chi connectivity index (χ0v) is 21.6. The summed E-state index contributed by atoms with van der Waals surface area (Å²) < 4.78 is 69.8. The van der Waals surface area contributed by atoms with Crippen molar-refractivity contribution in [2.24, 2.45) is 0 Å². The number of aliphatic hydroxyl groups is 1. The second-order valence-electron chi connectivity index (χ2n) is 9.80. The van der Waals surface area contributed by atoms with Gasteiger partial charge in [0.25, 0.3) is 0 Å². The molecule has 3 aromatic rings. The third-order valence-corrected chi connectivity index (χ3v) is 6.79. The highest BCUT2D eigenvalue weighted by molar-refractivity contribution is 5.80. The van der Waals surface area contributed by atoms with Gasteiger partial charge in [0, 0.05) is 0 Å². The van der Waals surface area contributed by atoms with E-state index in [0.29, 0.717) is 11.1 Å². The lowest BCUT2D eigenvalue weighted by atomic mass is 9.92. The standard InChI is InChI=1S/C31H30F5NO3/c32-24-15-13-22(14-16-24)29(39)27(18-20-7-5-11-25(17-20)40-31(35,36)30(33)34)37-28(38)19-23-10-6-9-21-8-3-1-2-4-12-26(21)23/h4-7,9-17,27,29-30,39H,1-3,8,18-19H2,(H,37,38)/b12-4-. The summed E-state index contributed by atoms with van der Waals surface area (Å²) in [6.07, 6.45) is -1.87. The van der Waals surface area contributed by atoms with Crippen LogP contribution in [0.1, 0.15) is 53.2 Å².